The lowest BCUT2D eigenvalue weighted by molar-refractivity contribution is -0.155. The van der Waals surface area contributed by atoms with Gasteiger partial charge in [-0.25, -0.2) is 0 Å². The van der Waals surface area contributed by atoms with Crippen LogP contribution in [0.15, 0.2) is 40.9 Å². The number of esters is 1. The van der Waals surface area contributed by atoms with E-state index in [1.54, 1.807) is 7.11 Å². The molecule has 1 atom stereocenters. The minimum absolute atomic E-state index is 0.154. The summed E-state index contributed by atoms with van der Waals surface area (Å²) in [5.74, 6) is 0.929. The summed E-state index contributed by atoms with van der Waals surface area (Å²) in [4.78, 5) is 21.8. The average Bonchev–Trinajstić information content (AvgIpc) is 3.45. The Hall–Kier alpha value is -3.23. The van der Waals surface area contributed by atoms with E-state index in [0.717, 1.165) is 49.2 Å². The van der Waals surface area contributed by atoms with Crippen LogP contribution in [0, 0.1) is 0 Å². The van der Waals surface area contributed by atoms with Crippen LogP contribution in [0.25, 0.3) is 22.8 Å². The molecule has 0 amide bonds. The van der Waals surface area contributed by atoms with Crippen LogP contribution in [-0.4, -0.2) is 59.4 Å². The van der Waals surface area contributed by atoms with Gasteiger partial charge in [-0.15, -0.1) is 0 Å². The van der Waals surface area contributed by atoms with E-state index in [1.165, 1.54) is 36.1 Å². The van der Waals surface area contributed by atoms with Crippen molar-refractivity contribution in [3.05, 3.63) is 53.1 Å². The van der Waals surface area contributed by atoms with E-state index >= 15 is 0 Å². The first kappa shape index (κ1) is 29.3. The Morgan fingerprint density at radius 3 is 2.68 bits per heavy atom. The van der Waals surface area contributed by atoms with Crippen molar-refractivity contribution >= 4 is 11.7 Å². The second kappa shape index (κ2) is 12.7. The van der Waals surface area contributed by atoms with Crippen molar-refractivity contribution in [2.75, 3.05) is 31.6 Å². The zero-order valence-corrected chi connectivity index (χ0v) is 25.2. The number of aromatic nitrogens is 2. The van der Waals surface area contributed by atoms with Crippen molar-refractivity contribution in [1.29, 1.82) is 0 Å². The van der Waals surface area contributed by atoms with Gasteiger partial charge < -0.3 is 18.9 Å². The molecule has 41 heavy (non-hydrogen) atoms. The van der Waals surface area contributed by atoms with Gasteiger partial charge in [-0.05, 0) is 88.3 Å². The summed E-state index contributed by atoms with van der Waals surface area (Å²) in [6.45, 7) is 12.0. The molecule has 0 spiro atoms. The highest BCUT2D eigenvalue weighted by molar-refractivity contribution is 5.70. The second-order valence-electron chi connectivity index (χ2n) is 12.3. The normalized spacial score (nSPS) is 17.9. The van der Waals surface area contributed by atoms with Crippen LogP contribution in [0.2, 0.25) is 0 Å². The van der Waals surface area contributed by atoms with E-state index in [1.807, 2.05) is 20.8 Å². The maximum atomic E-state index is 12.2. The van der Waals surface area contributed by atoms with Crippen LogP contribution >= 0.6 is 0 Å². The maximum absolute atomic E-state index is 12.2. The van der Waals surface area contributed by atoms with Crippen LogP contribution in [0.1, 0.15) is 76.5 Å². The van der Waals surface area contributed by atoms with Gasteiger partial charge in [0.2, 0.25) is 5.82 Å². The van der Waals surface area contributed by atoms with Gasteiger partial charge in [0, 0.05) is 61.7 Å². The van der Waals surface area contributed by atoms with Gasteiger partial charge in [-0.2, -0.15) is 4.98 Å². The molecule has 0 saturated carbocycles. The first-order chi connectivity index (χ1) is 19.7. The van der Waals surface area contributed by atoms with Crippen LogP contribution in [-0.2, 0) is 33.8 Å². The van der Waals surface area contributed by atoms with Gasteiger partial charge in [0.15, 0.2) is 0 Å². The molecule has 8 nitrogen and oxygen atoms in total. The fraction of sp³-hybridized carbons (Fsp3) is 0.545. The molecule has 5 rings (SSSR count). The Labute approximate surface area is 244 Å². The summed E-state index contributed by atoms with van der Waals surface area (Å²) < 4.78 is 16.8. The van der Waals surface area contributed by atoms with E-state index in [4.69, 9.17) is 19.0 Å². The molecular formula is C33H44N4O4. The number of rotatable bonds is 9. The first-order valence-electron chi connectivity index (χ1n) is 15.0. The van der Waals surface area contributed by atoms with Crippen molar-refractivity contribution in [2.24, 2.45) is 0 Å². The zero-order valence-electron chi connectivity index (χ0n) is 25.2. The summed E-state index contributed by atoms with van der Waals surface area (Å²) >= 11 is 0. The van der Waals surface area contributed by atoms with Crippen LogP contribution in [0.4, 0.5) is 5.69 Å². The van der Waals surface area contributed by atoms with Gasteiger partial charge in [-0.1, -0.05) is 24.2 Å². The summed E-state index contributed by atoms with van der Waals surface area (Å²) in [5.41, 5.74) is 6.33. The van der Waals surface area contributed by atoms with E-state index < -0.39 is 5.60 Å². The summed E-state index contributed by atoms with van der Waals surface area (Å²) in [5, 5.41) is 4.34. The third-order valence-electron chi connectivity index (χ3n) is 8.07. The van der Waals surface area contributed by atoms with Crippen LogP contribution in [0.5, 0.6) is 0 Å². The minimum Gasteiger partial charge on any atom is -0.460 e. The number of ether oxygens (including phenoxy) is 2. The van der Waals surface area contributed by atoms with Gasteiger partial charge in [0.25, 0.3) is 5.89 Å². The Morgan fingerprint density at radius 1 is 1.07 bits per heavy atom. The number of benzene rings is 2. The van der Waals surface area contributed by atoms with Crippen molar-refractivity contribution in [3.8, 4) is 22.8 Å². The molecule has 0 unspecified atom stereocenters. The number of piperidine rings is 1. The lowest BCUT2D eigenvalue weighted by atomic mass is 9.97. The first-order valence-corrected chi connectivity index (χ1v) is 15.0. The molecule has 1 fully saturated rings. The van der Waals surface area contributed by atoms with Crippen LogP contribution < -0.4 is 4.90 Å². The third kappa shape index (κ3) is 7.16. The Balaban J connectivity index is 1.30. The average molecular weight is 561 g/mol. The highest BCUT2D eigenvalue weighted by atomic mass is 16.6. The van der Waals surface area contributed by atoms with E-state index in [9.17, 15) is 4.79 Å². The van der Waals surface area contributed by atoms with Gasteiger partial charge >= 0.3 is 5.97 Å². The Kier molecular flexibility index (Phi) is 9.09. The highest BCUT2D eigenvalue weighted by Gasteiger charge is 2.25. The number of carbonyl (C=O) groups excluding carboxylic acids is 1. The number of hydrogen-bond acceptors (Lipinski definition) is 8. The molecule has 2 aliphatic heterocycles. The third-order valence-corrected chi connectivity index (χ3v) is 8.07. The quantitative estimate of drug-likeness (QED) is 0.278. The van der Waals surface area contributed by atoms with Crippen molar-refractivity contribution in [3.63, 3.8) is 0 Å². The van der Waals surface area contributed by atoms with Crippen molar-refractivity contribution in [1.82, 2.24) is 15.0 Å². The summed E-state index contributed by atoms with van der Waals surface area (Å²) in [6.07, 6.45) is 6.24. The minimum atomic E-state index is -0.456. The number of hydrogen-bond donors (Lipinski definition) is 0. The molecular weight excluding hydrogens is 516 g/mol. The smallest absolute Gasteiger partial charge is 0.307 e. The maximum Gasteiger partial charge on any atom is 0.307 e. The number of fused-ring (bicyclic) bond motifs is 1. The van der Waals surface area contributed by atoms with Crippen LogP contribution in [0.3, 0.4) is 0 Å². The summed E-state index contributed by atoms with van der Waals surface area (Å²) in [7, 11) is 1.74. The number of anilines is 1. The number of carbonyl (C=O) groups is 1. The van der Waals surface area contributed by atoms with E-state index in [2.05, 4.69) is 58.3 Å². The number of nitrogens with zero attached hydrogens (tertiary/aromatic N) is 4. The van der Waals surface area contributed by atoms with Gasteiger partial charge in [-0.3, -0.25) is 9.69 Å². The molecule has 0 aliphatic carbocycles. The molecule has 3 heterocycles. The van der Waals surface area contributed by atoms with Crippen molar-refractivity contribution in [2.45, 2.75) is 91.0 Å². The SMILES string of the molecule is CC[C@@H]1CCCCN1c1ccc(-c2nc(-c3ccc4c(c3)CN(CCC(=O)OC(C)(C)C)CC4)no2)cc1COC. The molecule has 1 aromatic heterocycles. The molecule has 8 heteroatoms. The topological polar surface area (TPSA) is 80.9 Å². The van der Waals surface area contributed by atoms with E-state index in [-0.39, 0.29) is 5.97 Å². The monoisotopic (exact) mass is 560 g/mol. The second-order valence-corrected chi connectivity index (χ2v) is 12.3. The molecule has 3 aromatic rings. The lowest BCUT2D eigenvalue weighted by Gasteiger charge is -2.38. The predicted molar refractivity (Wildman–Crippen MR) is 161 cm³/mol. The Morgan fingerprint density at radius 2 is 1.90 bits per heavy atom. The van der Waals surface area contributed by atoms with Gasteiger partial charge in [0.05, 0.1) is 13.0 Å². The standard InChI is InChI=1S/C33H44N4O4/c1-6-28-9-7-8-16-37(28)29-13-12-25(20-27(29)22-39-5)32-34-31(35-41-32)24-11-10-23-14-17-36(21-26(23)19-24)18-15-30(38)40-33(2,3)4/h10-13,19-20,28H,6-9,14-18,21-22H2,1-5H3/t28-/m1/s1. The predicted octanol–water partition coefficient (Wildman–Crippen LogP) is 6.41. The molecule has 220 valence electrons. The molecule has 0 radical (unpaired) electrons. The molecule has 2 aliphatic rings. The lowest BCUT2D eigenvalue weighted by Crippen LogP contribution is -2.39. The molecule has 2 aromatic carbocycles. The fourth-order valence-electron chi connectivity index (χ4n) is 6.06. The van der Waals surface area contributed by atoms with Gasteiger partial charge in [0.1, 0.15) is 5.60 Å². The Bertz CT molecular complexity index is 1350. The number of methoxy groups -OCH3 is 1. The van der Waals surface area contributed by atoms with E-state index in [0.29, 0.717) is 37.3 Å². The molecule has 0 bridgehead atoms. The molecule has 1 saturated heterocycles. The fourth-order valence-corrected chi connectivity index (χ4v) is 6.06. The molecule has 0 N–H and O–H groups in total. The largest absolute Gasteiger partial charge is 0.460 e. The van der Waals surface area contributed by atoms with Crippen molar-refractivity contribution < 1.29 is 18.8 Å². The summed E-state index contributed by atoms with van der Waals surface area (Å²) in [6, 6.07) is 13.4. The highest BCUT2D eigenvalue weighted by Crippen LogP contribution is 2.34. The zero-order chi connectivity index (χ0) is 29.0.